The zero-order valence-electron chi connectivity index (χ0n) is 14.3. The van der Waals surface area contributed by atoms with E-state index < -0.39 is 5.97 Å². The van der Waals surface area contributed by atoms with E-state index in [0.717, 1.165) is 5.56 Å². The molecule has 0 N–H and O–H groups in total. The molecule has 0 radical (unpaired) electrons. The number of benzene rings is 1. The Kier molecular flexibility index (Phi) is 6.15. The maximum Gasteiger partial charge on any atom is 0.345 e. The van der Waals surface area contributed by atoms with Gasteiger partial charge in [-0.05, 0) is 44.0 Å². The van der Waals surface area contributed by atoms with Crippen molar-refractivity contribution < 1.29 is 14.3 Å². The summed E-state index contributed by atoms with van der Waals surface area (Å²) >= 11 is 5.94. The molecule has 0 saturated carbocycles. The Bertz CT molecular complexity index is 715. The van der Waals surface area contributed by atoms with Crippen molar-refractivity contribution in [3.05, 3.63) is 40.5 Å². The SMILES string of the molecule is CCOC(=O)c1c(OCC)nc(-c2ccc(Cl)cc2)nc1C(C)C. The second-order valence-corrected chi connectivity index (χ2v) is 5.86. The number of nitrogens with zero attached hydrogens (tertiary/aromatic N) is 2. The number of aromatic nitrogens is 2. The van der Waals surface area contributed by atoms with E-state index in [2.05, 4.69) is 9.97 Å². The van der Waals surface area contributed by atoms with Gasteiger partial charge in [0.05, 0.1) is 18.9 Å². The van der Waals surface area contributed by atoms with Crippen LogP contribution >= 0.6 is 11.6 Å². The highest BCUT2D eigenvalue weighted by molar-refractivity contribution is 6.30. The van der Waals surface area contributed by atoms with Gasteiger partial charge in [0.1, 0.15) is 5.56 Å². The Morgan fingerprint density at radius 2 is 1.79 bits per heavy atom. The Hall–Kier alpha value is -2.14. The first-order valence-corrected chi connectivity index (χ1v) is 8.33. The van der Waals surface area contributed by atoms with Crippen LogP contribution in [0.4, 0.5) is 0 Å². The topological polar surface area (TPSA) is 61.3 Å². The molecule has 0 unspecified atom stereocenters. The van der Waals surface area contributed by atoms with Gasteiger partial charge >= 0.3 is 5.97 Å². The van der Waals surface area contributed by atoms with E-state index >= 15 is 0 Å². The molecule has 0 atom stereocenters. The molecule has 6 heteroatoms. The van der Waals surface area contributed by atoms with Gasteiger partial charge in [0.15, 0.2) is 5.82 Å². The van der Waals surface area contributed by atoms with Gasteiger partial charge in [-0.2, -0.15) is 4.98 Å². The normalized spacial score (nSPS) is 10.8. The van der Waals surface area contributed by atoms with Crippen molar-refractivity contribution in [1.29, 1.82) is 0 Å². The number of ether oxygens (including phenoxy) is 2. The first kappa shape index (κ1) is 18.2. The molecule has 2 rings (SSSR count). The van der Waals surface area contributed by atoms with Gasteiger partial charge < -0.3 is 9.47 Å². The minimum Gasteiger partial charge on any atom is -0.477 e. The zero-order valence-corrected chi connectivity index (χ0v) is 15.1. The fraction of sp³-hybridized carbons (Fsp3) is 0.389. The van der Waals surface area contributed by atoms with Gasteiger partial charge in [-0.25, -0.2) is 9.78 Å². The number of halogens is 1. The smallest absolute Gasteiger partial charge is 0.345 e. The number of rotatable bonds is 6. The van der Waals surface area contributed by atoms with Crippen molar-refractivity contribution >= 4 is 17.6 Å². The summed E-state index contributed by atoms with van der Waals surface area (Å²) < 4.78 is 10.8. The van der Waals surface area contributed by atoms with Crippen LogP contribution in [0.2, 0.25) is 5.02 Å². The molecule has 0 amide bonds. The van der Waals surface area contributed by atoms with Crippen molar-refractivity contribution in [2.24, 2.45) is 0 Å². The van der Waals surface area contributed by atoms with E-state index in [4.69, 9.17) is 21.1 Å². The fourth-order valence-electron chi connectivity index (χ4n) is 2.24. The zero-order chi connectivity index (χ0) is 17.7. The highest BCUT2D eigenvalue weighted by atomic mass is 35.5. The first-order valence-electron chi connectivity index (χ1n) is 7.95. The Morgan fingerprint density at radius 3 is 2.33 bits per heavy atom. The Morgan fingerprint density at radius 1 is 1.12 bits per heavy atom. The number of hydrogen-bond acceptors (Lipinski definition) is 5. The monoisotopic (exact) mass is 348 g/mol. The van der Waals surface area contributed by atoms with Crippen LogP contribution in [0, 0.1) is 0 Å². The summed E-state index contributed by atoms with van der Waals surface area (Å²) in [7, 11) is 0. The van der Waals surface area contributed by atoms with Crippen molar-refractivity contribution in [3.63, 3.8) is 0 Å². The summed E-state index contributed by atoms with van der Waals surface area (Å²) in [6.45, 7) is 8.20. The fourth-order valence-corrected chi connectivity index (χ4v) is 2.36. The van der Waals surface area contributed by atoms with Crippen LogP contribution in [-0.2, 0) is 4.74 Å². The molecule has 1 heterocycles. The van der Waals surface area contributed by atoms with Crippen LogP contribution < -0.4 is 4.74 Å². The van der Waals surface area contributed by atoms with Crippen LogP contribution in [0.5, 0.6) is 5.88 Å². The minimum absolute atomic E-state index is 0.0117. The average molecular weight is 349 g/mol. The third-order valence-corrected chi connectivity index (χ3v) is 3.57. The van der Waals surface area contributed by atoms with Crippen LogP contribution in [0.25, 0.3) is 11.4 Å². The van der Waals surface area contributed by atoms with Crippen LogP contribution in [0.3, 0.4) is 0 Å². The summed E-state index contributed by atoms with van der Waals surface area (Å²) in [5.74, 6) is 0.288. The van der Waals surface area contributed by atoms with Crippen molar-refractivity contribution in [3.8, 4) is 17.3 Å². The predicted octanol–water partition coefficient (Wildman–Crippen LogP) is 4.50. The molecule has 5 nitrogen and oxygen atoms in total. The molecule has 24 heavy (non-hydrogen) atoms. The molecule has 0 aliphatic heterocycles. The van der Waals surface area contributed by atoms with E-state index in [1.165, 1.54) is 0 Å². The summed E-state index contributed by atoms with van der Waals surface area (Å²) in [6.07, 6.45) is 0. The third-order valence-electron chi connectivity index (χ3n) is 3.31. The standard InChI is InChI=1S/C18H21ClN2O3/c1-5-23-17-14(18(22)24-6-2)15(11(3)4)20-16(21-17)12-7-9-13(19)10-8-12/h7-11H,5-6H2,1-4H3. The largest absolute Gasteiger partial charge is 0.477 e. The molecule has 128 valence electrons. The summed E-state index contributed by atoms with van der Waals surface area (Å²) in [5.41, 5.74) is 1.71. The van der Waals surface area contributed by atoms with Gasteiger partial charge in [0.2, 0.25) is 5.88 Å². The summed E-state index contributed by atoms with van der Waals surface area (Å²) in [5, 5.41) is 0.635. The predicted molar refractivity (Wildman–Crippen MR) is 93.7 cm³/mol. The lowest BCUT2D eigenvalue weighted by atomic mass is 10.0. The summed E-state index contributed by atoms with van der Waals surface area (Å²) in [6, 6.07) is 7.22. The molecule has 0 bridgehead atoms. The van der Waals surface area contributed by atoms with E-state index in [-0.39, 0.29) is 18.4 Å². The van der Waals surface area contributed by atoms with Crippen molar-refractivity contribution in [1.82, 2.24) is 9.97 Å². The highest BCUT2D eigenvalue weighted by Crippen LogP contribution is 2.29. The molecule has 0 fully saturated rings. The second kappa shape index (κ2) is 8.11. The van der Waals surface area contributed by atoms with Crippen LogP contribution in [-0.4, -0.2) is 29.2 Å². The molecule has 0 aliphatic rings. The van der Waals surface area contributed by atoms with Crippen LogP contribution in [0.1, 0.15) is 49.7 Å². The van der Waals surface area contributed by atoms with E-state index in [1.807, 2.05) is 32.9 Å². The molecule has 1 aromatic carbocycles. The highest BCUT2D eigenvalue weighted by Gasteiger charge is 2.25. The van der Waals surface area contributed by atoms with Gasteiger partial charge in [0, 0.05) is 10.6 Å². The van der Waals surface area contributed by atoms with E-state index in [1.54, 1.807) is 19.1 Å². The maximum atomic E-state index is 12.4. The molecular formula is C18H21ClN2O3. The number of carbonyl (C=O) groups excluding carboxylic acids is 1. The average Bonchev–Trinajstić information content (AvgIpc) is 2.55. The summed E-state index contributed by atoms with van der Waals surface area (Å²) in [4.78, 5) is 21.4. The van der Waals surface area contributed by atoms with E-state index in [0.29, 0.717) is 28.7 Å². The molecule has 0 saturated heterocycles. The van der Waals surface area contributed by atoms with Gasteiger partial charge in [-0.1, -0.05) is 25.4 Å². The van der Waals surface area contributed by atoms with Gasteiger partial charge in [0.25, 0.3) is 0 Å². The molecule has 2 aromatic rings. The van der Waals surface area contributed by atoms with Crippen molar-refractivity contribution in [2.75, 3.05) is 13.2 Å². The number of hydrogen-bond donors (Lipinski definition) is 0. The maximum absolute atomic E-state index is 12.4. The molecule has 0 spiro atoms. The van der Waals surface area contributed by atoms with Crippen molar-refractivity contribution in [2.45, 2.75) is 33.6 Å². The Balaban J connectivity index is 2.63. The first-order chi connectivity index (χ1) is 11.5. The Labute approximate surface area is 147 Å². The number of esters is 1. The molecule has 0 aliphatic carbocycles. The minimum atomic E-state index is -0.465. The third kappa shape index (κ3) is 4.03. The van der Waals surface area contributed by atoms with Gasteiger partial charge in [-0.15, -0.1) is 0 Å². The lowest BCUT2D eigenvalue weighted by Gasteiger charge is -2.16. The molecular weight excluding hydrogens is 328 g/mol. The van der Waals surface area contributed by atoms with E-state index in [9.17, 15) is 4.79 Å². The second-order valence-electron chi connectivity index (χ2n) is 5.43. The quantitative estimate of drug-likeness (QED) is 0.719. The lowest BCUT2D eigenvalue weighted by Crippen LogP contribution is -2.15. The lowest BCUT2D eigenvalue weighted by molar-refractivity contribution is 0.0518. The van der Waals surface area contributed by atoms with Crippen LogP contribution in [0.15, 0.2) is 24.3 Å². The number of carbonyl (C=O) groups is 1. The van der Waals surface area contributed by atoms with Gasteiger partial charge in [-0.3, -0.25) is 0 Å². The molecule has 1 aromatic heterocycles.